The van der Waals surface area contributed by atoms with Gasteiger partial charge in [-0.15, -0.1) is 0 Å². The highest BCUT2D eigenvalue weighted by Gasteiger charge is 2.22. The van der Waals surface area contributed by atoms with Crippen molar-refractivity contribution in [1.82, 2.24) is 15.0 Å². The molecule has 1 unspecified atom stereocenters. The van der Waals surface area contributed by atoms with Gasteiger partial charge in [-0.05, 0) is 19.3 Å². The molecule has 3 rings (SSSR count). The summed E-state index contributed by atoms with van der Waals surface area (Å²) in [5.74, 6) is 2.94. The number of rotatable bonds is 2. The van der Waals surface area contributed by atoms with Crippen LogP contribution in [0.5, 0.6) is 0 Å². The predicted molar refractivity (Wildman–Crippen MR) is 84.4 cm³/mol. The maximum Gasteiger partial charge on any atom is 0.232 e. The van der Waals surface area contributed by atoms with E-state index in [2.05, 4.69) is 31.7 Å². The smallest absolute Gasteiger partial charge is 0.232 e. The van der Waals surface area contributed by atoms with Crippen molar-refractivity contribution in [3.8, 4) is 0 Å². The Morgan fingerprint density at radius 3 is 2.40 bits per heavy atom. The molecule has 110 valence electrons. The SMILES string of the molecule is CC1CN(c2nc(N)nc(N3CCCCC3)n2)CCS1. The monoisotopic (exact) mass is 294 g/mol. The van der Waals surface area contributed by atoms with Crippen LogP contribution in [-0.2, 0) is 0 Å². The Morgan fingerprint density at radius 2 is 1.70 bits per heavy atom. The largest absolute Gasteiger partial charge is 0.368 e. The Hall–Kier alpha value is -1.24. The van der Waals surface area contributed by atoms with Gasteiger partial charge in [0.1, 0.15) is 0 Å². The molecule has 6 nitrogen and oxygen atoms in total. The predicted octanol–water partition coefficient (Wildman–Crippen LogP) is 1.39. The van der Waals surface area contributed by atoms with Crippen LogP contribution >= 0.6 is 11.8 Å². The Labute approximate surface area is 124 Å². The van der Waals surface area contributed by atoms with Gasteiger partial charge in [0, 0.05) is 37.2 Å². The summed E-state index contributed by atoms with van der Waals surface area (Å²) < 4.78 is 0. The van der Waals surface area contributed by atoms with Crippen LogP contribution in [0.15, 0.2) is 0 Å². The second-order valence-corrected chi connectivity index (χ2v) is 7.02. The number of piperidine rings is 1. The first-order chi connectivity index (χ1) is 9.72. The van der Waals surface area contributed by atoms with Crippen molar-refractivity contribution in [3.05, 3.63) is 0 Å². The number of nitrogen functional groups attached to an aromatic ring is 1. The van der Waals surface area contributed by atoms with Crippen molar-refractivity contribution in [2.45, 2.75) is 31.4 Å². The number of nitrogens with two attached hydrogens (primary N) is 1. The second-order valence-electron chi connectivity index (χ2n) is 5.47. The van der Waals surface area contributed by atoms with Crippen LogP contribution < -0.4 is 15.5 Å². The average molecular weight is 294 g/mol. The number of anilines is 3. The minimum Gasteiger partial charge on any atom is -0.368 e. The molecule has 2 aliphatic heterocycles. The van der Waals surface area contributed by atoms with Gasteiger partial charge in [-0.3, -0.25) is 0 Å². The van der Waals surface area contributed by atoms with Crippen molar-refractivity contribution >= 4 is 29.6 Å². The van der Waals surface area contributed by atoms with Crippen LogP contribution in [0.25, 0.3) is 0 Å². The third-order valence-corrected chi connectivity index (χ3v) is 4.93. The van der Waals surface area contributed by atoms with E-state index in [1.54, 1.807) is 0 Å². The van der Waals surface area contributed by atoms with Gasteiger partial charge in [0.15, 0.2) is 0 Å². The van der Waals surface area contributed by atoms with E-state index >= 15 is 0 Å². The van der Waals surface area contributed by atoms with E-state index in [1.807, 2.05) is 11.8 Å². The first kappa shape index (κ1) is 13.7. The lowest BCUT2D eigenvalue weighted by atomic mass is 10.1. The summed E-state index contributed by atoms with van der Waals surface area (Å²) in [5.41, 5.74) is 5.89. The first-order valence-electron chi connectivity index (χ1n) is 7.35. The lowest BCUT2D eigenvalue weighted by Crippen LogP contribution is -2.38. The summed E-state index contributed by atoms with van der Waals surface area (Å²) in [7, 11) is 0. The molecule has 0 bridgehead atoms. The molecule has 2 aliphatic rings. The van der Waals surface area contributed by atoms with Gasteiger partial charge in [-0.25, -0.2) is 0 Å². The zero-order valence-corrected chi connectivity index (χ0v) is 12.8. The van der Waals surface area contributed by atoms with Gasteiger partial charge in [-0.2, -0.15) is 26.7 Å². The molecule has 7 heteroatoms. The van der Waals surface area contributed by atoms with E-state index in [1.165, 1.54) is 19.3 Å². The van der Waals surface area contributed by atoms with Crippen molar-refractivity contribution in [2.24, 2.45) is 0 Å². The van der Waals surface area contributed by atoms with E-state index in [4.69, 9.17) is 5.73 Å². The van der Waals surface area contributed by atoms with Gasteiger partial charge in [0.05, 0.1) is 0 Å². The fourth-order valence-corrected chi connectivity index (χ4v) is 3.76. The Morgan fingerprint density at radius 1 is 1.00 bits per heavy atom. The van der Waals surface area contributed by atoms with E-state index in [0.29, 0.717) is 11.2 Å². The lowest BCUT2D eigenvalue weighted by Gasteiger charge is -2.32. The maximum atomic E-state index is 5.89. The Kier molecular flexibility index (Phi) is 4.14. The molecule has 2 fully saturated rings. The standard InChI is InChI=1S/C13H22N6S/c1-10-9-19(7-8-20-10)13-16-11(14)15-12(17-13)18-5-3-2-4-6-18/h10H,2-9H2,1H3,(H2,14,15,16,17). The van der Waals surface area contributed by atoms with Crippen LogP contribution in [0.4, 0.5) is 17.8 Å². The zero-order valence-electron chi connectivity index (χ0n) is 12.0. The molecule has 1 aromatic heterocycles. The van der Waals surface area contributed by atoms with E-state index < -0.39 is 0 Å². The number of aromatic nitrogens is 3. The molecule has 0 aromatic carbocycles. The fourth-order valence-electron chi connectivity index (χ4n) is 2.75. The van der Waals surface area contributed by atoms with Crippen molar-refractivity contribution in [3.63, 3.8) is 0 Å². The molecule has 2 N–H and O–H groups in total. The molecular formula is C13H22N6S. The van der Waals surface area contributed by atoms with E-state index in [-0.39, 0.29) is 0 Å². The molecule has 3 heterocycles. The Bertz CT molecular complexity index is 462. The van der Waals surface area contributed by atoms with Gasteiger partial charge in [0.2, 0.25) is 17.8 Å². The molecular weight excluding hydrogens is 272 g/mol. The first-order valence-corrected chi connectivity index (χ1v) is 8.40. The van der Waals surface area contributed by atoms with Crippen LogP contribution in [-0.4, -0.2) is 52.1 Å². The van der Waals surface area contributed by atoms with E-state index in [0.717, 1.165) is 43.8 Å². The molecule has 0 radical (unpaired) electrons. The molecule has 0 saturated carbocycles. The minimum atomic E-state index is 0.335. The Balaban J connectivity index is 1.82. The highest BCUT2D eigenvalue weighted by atomic mass is 32.2. The molecule has 1 atom stereocenters. The molecule has 0 spiro atoms. The number of thioether (sulfide) groups is 1. The molecule has 0 amide bonds. The highest BCUT2D eigenvalue weighted by molar-refractivity contribution is 8.00. The average Bonchev–Trinajstić information content (AvgIpc) is 2.47. The van der Waals surface area contributed by atoms with Gasteiger partial charge >= 0.3 is 0 Å². The van der Waals surface area contributed by atoms with Crippen molar-refractivity contribution in [1.29, 1.82) is 0 Å². The van der Waals surface area contributed by atoms with Crippen LogP contribution in [0, 0.1) is 0 Å². The third kappa shape index (κ3) is 3.08. The summed E-state index contributed by atoms with van der Waals surface area (Å²) >= 11 is 2.00. The molecule has 2 saturated heterocycles. The van der Waals surface area contributed by atoms with Crippen LogP contribution in [0.2, 0.25) is 0 Å². The second kappa shape index (κ2) is 6.03. The van der Waals surface area contributed by atoms with E-state index in [9.17, 15) is 0 Å². The quantitative estimate of drug-likeness (QED) is 0.883. The van der Waals surface area contributed by atoms with Crippen molar-refractivity contribution < 1.29 is 0 Å². The van der Waals surface area contributed by atoms with Gasteiger partial charge in [-0.1, -0.05) is 6.92 Å². The maximum absolute atomic E-state index is 5.89. The zero-order chi connectivity index (χ0) is 13.9. The number of hydrogen-bond donors (Lipinski definition) is 1. The lowest BCUT2D eigenvalue weighted by molar-refractivity contribution is 0.567. The van der Waals surface area contributed by atoms with Crippen LogP contribution in [0.1, 0.15) is 26.2 Å². The summed E-state index contributed by atoms with van der Waals surface area (Å²) in [6.07, 6.45) is 3.71. The highest BCUT2D eigenvalue weighted by Crippen LogP contribution is 2.24. The molecule has 1 aromatic rings. The van der Waals surface area contributed by atoms with Crippen LogP contribution in [0.3, 0.4) is 0 Å². The minimum absolute atomic E-state index is 0.335. The molecule has 0 aliphatic carbocycles. The fraction of sp³-hybridized carbons (Fsp3) is 0.769. The summed E-state index contributed by atoms with van der Waals surface area (Å²) in [5, 5.41) is 0.611. The molecule has 20 heavy (non-hydrogen) atoms. The topological polar surface area (TPSA) is 71.2 Å². The van der Waals surface area contributed by atoms with Gasteiger partial charge < -0.3 is 15.5 Å². The third-order valence-electron chi connectivity index (χ3n) is 3.79. The van der Waals surface area contributed by atoms with Gasteiger partial charge in [0.25, 0.3) is 0 Å². The number of hydrogen-bond acceptors (Lipinski definition) is 7. The summed E-state index contributed by atoms with van der Waals surface area (Å²) in [6, 6.07) is 0. The normalized spacial score (nSPS) is 23.9. The van der Waals surface area contributed by atoms with Crippen molar-refractivity contribution in [2.75, 3.05) is 47.5 Å². The summed E-state index contributed by atoms with van der Waals surface area (Å²) in [6.45, 7) is 6.25. The number of nitrogens with zero attached hydrogens (tertiary/aromatic N) is 5. The summed E-state index contributed by atoms with van der Waals surface area (Å²) in [4.78, 5) is 17.8.